The van der Waals surface area contributed by atoms with Gasteiger partial charge in [0.15, 0.2) is 6.10 Å². The number of aryl methyl sites for hydroxylation is 2. The topological polar surface area (TPSA) is 84.5 Å². The van der Waals surface area contributed by atoms with E-state index in [1.807, 2.05) is 19.9 Å². The fourth-order valence-electron chi connectivity index (χ4n) is 2.96. The molecule has 0 fully saturated rings. The second-order valence-corrected chi connectivity index (χ2v) is 9.07. The molecule has 1 atom stereocenters. The fourth-order valence-corrected chi connectivity index (χ4v) is 4.01. The lowest BCUT2D eigenvalue weighted by Gasteiger charge is -2.17. The zero-order valence-corrected chi connectivity index (χ0v) is 18.9. The number of ether oxygens (including phenoxy) is 1. The first-order chi connectivity index (χ1) is 15.2. The minimum Gasteiger partial charge on any atom is -0.481 e. The van der Waals surface area contributed by atoms with Gasteiger partial charge in [0.1, 0.15) is 11.6 Å². The Kier molecular flexibility index (Phi) is 7.15. The van der Waals surface area contributed by atoms with Crippen LogP contribution >= 0.6 is 0 Å². The molecule has 32 heavy (non-hydrogen) atoms. The first-order valence-electron chi connectivity index (χ1n) is 10.1. The summed E-state index contributed by atoms with van der Waals surface area (Å²) in [5.41, 5.74) is 2.97. The minimum absolute atomic E-state index is 0.0725. The maximum atomic E-state index is 13.0. The van der Waals surface area contributed by atoms with Crippen molar-refractivity contribution >= 4 is 27.3 Å². The third-order valence-electron chi connectivity index (χ3n) is 4.95. The molecule has 0 aliphatic carbocycles. The number of halogens is 1. The first-order valence-corrected chi connectivity index (χ1v) is 11.6. The molecule has 1 unspecified atom stereocenters. The largest absolute Gasteiger partial charge is 0.481 e. The van der Waals surface area contributed by atoms with Gasteiger partial charge < -0.3 is 10.1 Å². The lowest BCUT2D eigenvalue weighted by atomic mass is 10.1. The van der Waals surface area contributed by atoms with E-state index in [0.29, 0.717) is 23.5 Å². The summed E-state index contributed by atoms with van der Waals surface area (Å²) in [6.45, 7) is 5.66. The third-order valence-corrected chi connectivity index (χ3v) is 6.34. The summed E-state index contributed by atoms with van der Waals surface area (Å²) >= 11 is 0. The molecule has 0 aliphatic rings. The van der Waals surface area contributed by atoms with Crippen molar-refractivity contribution in [2.45, 2.75) is 38.2 Å². The molecule has 3 aromatic carbocycles. The summed E-state index contributed by atoms with van der Waals surface area (Å²) in [6, 6.07) is 16.6. The third kappa shape index (κ3) is 5.85. The Hall–Kier alpha value is -3.39. The number of benzene rings is 3. The van der Waals surface area contributed by atoms with Crippen molar-refractivity contribution in [1.29, 1.82) is 0 Å². The summed E-state index contributed by atoms with van der Waals surface area (Å²) in [5.74, 6) is -0.398. The Balaban J connectivity index is 1.66. The van der Waals surface area contributed by atoms with Crippen molar-refractivity contribution in [1.82, 2.24) is 0 Å². The molecule has 0 saturated carbocycles. The van der Waals surface area contributed by atoms with Crippen LogP contribution in [0.15, 0.2) is 71.6 Å². The Morgan fingerprint density at radius 2 is 1.56 bits per heavy atom. The summed E-state index contributed by atoms with van der Waals surface area (Å²) < 4.78 is 46.6. The van der Waals surface area contributed by atoms with E-state index in [0.717, 1.165) is 11.1 Å². The number of sulfonamides is 1. The van der Waals surface area contributed by atoms with Gasteiger partial charge in [-0.25, -0.2) is 12.8 Å². The quantitative estimate of drug-likeness (QED) is 0.497. The van der Waals surface area contributed by atoms with Crippen LogP contribution in [0.2, 0.25) is 0 Å². The van der Waals surface area contributed by atoms with Crippen LogP contribution in [0.1, 0.15) is 24.5 Å². The summed E-state index contributed by atoms with van der Waals surface area (Å²) in [7, 11) is -3.77. The van der Waals surface area contributed by atoms with Crippen LogP contribution in [0.5, 0.6) is 5.75 Å². The van der Waals surface area contributed by atoms with Gasteiger partial charge in [-0.3, -0.25) is 9.52 Å². The number of hydrogen-bond donors (Lipinski definition) is 2. The molecule has 0 radical (unpaired) electrons. The number of carbonyl (C=O) groups excluding carboxylic acids is 1. The highest BCUT2D eigenvalue weighted by Gasteiger charge is 2.19. The number of anilines is 2. The van der Waals surface area contributed by atoms with E-state index in [-0.39, 0.29) is 10.8 Å². The van der Waals surface area contributed by atoms with Gasteiger partial charge in [-0.2, -0.15) is 0 Å². The molecule has 0 spiro atoms. The fraction of sp³-hybridized carbons (Fsp3) is 0.208. The van der Waals surface area contributed by atoms with Crippen LogP contribution in [0.3, 0.4) is 0 Å². The van der Waals surface area contributed by atoms with Gasteiger partial charge in [0.05, 0.1) is 4.90 Å². The van der Waals surface area contributed by atoms with Gasteiger partial charge in [0.25, 0.3) is 15.9 Å². The average molecular weight is 457 g/mol. The Labute approximate surface area is 187 Å². The molecular weight excluding hydrogens is 431 g/mol. The van der Waals surface area contributed by atoms with E-state index in [1.54, 1.807) is 19.1 Å². The zero-order valence-electron chi connectivity index (χ0n) is 18.1. The molecule has 3 aromatic rings. The highest BCUT2D eigenvalue weighted by molar-refractivity contribution is 7.92. The molecule has 1 amide bonds. The molecule has 2 N–H and O–H groups in total. The van der Waals surface area contributed by atoms with Gasteiger partial charge in [-0.1, -0.05) is 13.0 Å². The second kappa shape index (κ2) is 9.82. The Morgan fingerprint density at radius 1 is 0.938 bits per heavy atom. The molecular formula is C24H25FN2O4S. The van der Waals surface area contributed by atoms with Crippen LogP contribution < -0.4 is 14.8 Å². The van der Waals surface area contributed by atoms with Gasteiger partial charge in [0.2, 0.25) is 0 Å². The summed E-state index contributed by atoms with van der Waals surface area (Å²) in [5, 5.41) is 2.71. The molecule has 168 valence electrons. The van der Waals surface area contributed by atoms with Crippen LogP contribution in [0.4, 0.5) is 15.8 Å². The monoisotopic (exact) mass is 456 g/mol. The van der Waals surface area contributed by atoms with Crippen molar-refractivity contribution < 1.29 is 22.3 Å². The second-order valence-electron chi connectivity index (χ2n) is 7.39. The van der Waals surface area contributed by atoms with Gasteiger partial charge in [0, 0.05) is 11.4 Å². The highest BCUT2D eigenvalue weighted by Crippen LogP contribution is 2.21. The minimum atomic E-state index is -3.77. The van der Waals surface area contributed by atoms with Crippen molar-refractivity contribution in [3.8, 4) is 5.75 Å². The lowest BCUT2D eigenvalue weighted by molar-refractivity contribution is -0.122. The van der Waals surface area contributed by atoms with E-state index in [1.165, 1.54) is 48.5 Å². The Bertz CT molecular complexity index is 1190. The molecule has 3 rings (SSSR count). The Morgan fingerprint density at radius 3 is 2.16 bits per heavy atom. The molecule has 0 aromatic heterocycles. The maximum Gasteiger partial charge on any atom is 0.265 e. The van der Waals surface area contributed by atoms with Crippen molar-refractivity contribution in [2.75, 3.05) is 10.0 Å². The normalized spacial score (nSPS) is 12.1. The number of nitrogens with one attached hydrogen (secondary N) is 2. The van der Waals surface area contributed by atoms with Crippen molar-refractivity contribution in [2.24, 2.45) is 0 Å². The van der Waals surface area contributed by atoms with E-state index in [2.05, 4.69) is 10.0 Å². The van der Waals surface area contributed by atoms with Crippen LogP contribution in [-0.2, 0) is 14.8 Å². The van der Waals surface area contributed by atoms with Gasteiger partial charge >= 0.3 is 0 Å². The van der Waals surface area contributed by atoms with Gasteiger partial charge in [-0.05, 0) is 92.1 Å². The first kappa shape index (κ1) is 23.3. The van der Waals surface area contributed by atoms with E-state index >= 15 is 0 Å². The van der Waals surface area contributed by atoms with Crippen LogP contribution in [0.25, 0.3) is 0 Å². The number of hydrogen-bond acceptors (Lipinski definition) is 4. The predicted molar refractivity (Wildman–Crippen MR) is 123 cm³/mol. The van der Waals surface area contributed by atoms with Crippen molar-refractivity contribution in [3.05, 3.63) is 83.7 Å². The van der Waals surface area contributed by atoms with Crippen molar-refractivity contribution in [3.63, 3.8) is 0 Å². The number of rotatable bonds is 8. The molecule has 0 saturated heterocycles. The lowest BCUT2D eigenvalue weighted by Crippen LogP contribution is -2.32. The van der Waals surface area contributed by atoms with Crippen LogP contribution in [0, 0.1) is 19.7 Å². The smallest absolute Gasteiger partial charge is 0.265 e. The summed E-state index contributed by atoms with van der Waals surface area (Å²) in [4.78, 5) is 12.6. The van der Waals surface area contributed by atoms with Crippen LogP contribution in [-0.4, -0.2) is 20.4 Å². The molecule has 0 aliphatic heterocycles. The molecule has 6 nitrogen and oxygen atoms in total. The highest BCUT2D eigenvalue weighted by atomic mass is 32.2. The SMILES string of the molecule is CCC(Oc1ccc(F)cc1)C(=O)Nc1ccc(S(=O)(=O)Nc2ccc(C)c(C)c2)cc1. The average Bonchev–Trinajstić information content (AvgIpc) is 2.76. The van der Waals surface area contributed by atoms with E-state index in [9.17, 15) is 17.6 Å². The summed E-state index contributed by atoms with van der Waals surface area (Å²) in [6.07, 6.45) is -0.384. The standard InChI is InChI=1S/C24H25FN2O4S/c1-4-23(31-21-11-6-18(25)7-12-21)24(28)26-19-9-13-22(14-10-19)32(29,30)27-20-8-5-16(2)17(3)15-20/h5-15,23,27H,4H2,1-3H3,(H,26,28). The molecule has 0 bridgehead atoms. The van der Waals surface area contributed by atoms with E-state index < -0.39 is 21.9 Å². The molecule has 0 heterocycles. The van der Waals surface area contributed by atoms with Gasteiger partial charge in [-0.15, -0.1) is 0 Å². The molecule has 8 heteroatoms. The number of amides is 1. The van der Waals surface area contributed by atoms with E-state index in [4.69, 9.17) is 4.74 Å². The number of carbonyl (C=O) groups is 1. The predicted octanol–water partition coefficient (Wildman–Crippen LogP) is 5.04. The zero-order chi connectivity index (χ0) is 23.3. The maximum absolute atomic E-state index is 13.0.